The summed E-state index contributed by atoms with van der Waals surface area (Å²) < 4.78 is 12.1. The summed E-state index contributed by atoms with van der Waals surface area (Å²) in [7, 11) is 5.47. The normalized spacial score (nSPS) is 16.6. The molecule has 1 unspecified atom stereocenters. The van der Waals surface area contributed by atoms with Crippen molar-refractivity contribution >= 4 is 28.5 Å². The van der Waals surface area contributed by atoms with Gasteiger partial charge in [-0.3, -0.25) is 0 Å². The molecule has 4 aromatic rings. The number of hydrogen-bond donors (Lipinski definition) is 0. The van der Waals surface area contributed by atoms with Crippen molar-refractivity contribution in [3.63, 3.8) is 0 Å². The van der Waals surface area contributed by atoms with E-state index >= 15 is 0 Å². The molecule has 0 saturated heterocycles. The first kappa shape index (κ1) is 21.8. The zero-order valence-corrected chi connectivity index (χ0v) is 19.8. The molecule has 0 aliphatic carbocycles. The number of ether oxygens (including phenoxy) is 2. The Labute approximate surface area is 200 Å². The Balaban J connectivity index is 1.80. The highest BCUT2D eigenvalue weighted by atomic mass is 16.5. The van der Waals surface area contributed by atoms with Crippen LogP contribution in [0.15, 0.2) is 84.9 Å². The van der Waals surface area contributed by atoms with E-state index < -0.39 is 5.60 Å². The van der Waals surface area contributed by atoms with Crippen molar-refractivity contribution in [2.45, 2.75) is 12.5 Å². The van der Waals surface area contributed by atoms with E-state index in [1.807, 2.05) is 69.6 Å². The fraction of sp³-hybridized carbons (Fsp3) is 0.167. The summed E-state index contributed by atoms with van der Waals surface area (Å²) in [5.41, 5.74) is 4.47. The first-order valence-corrected chi connectivity index (χ1v) is 11.3. The van der Waals surface area contributed by atoms with Crippen LogP contribution < -0.4 is 9.64 Å². The third-order valence-electron chi connectivity index (χ3n) is 6.62. The number of nitrogens with zero attached hydrogens (tertiary/aromatic N) is 1. The van der Waals surface area contributed by atoms with E-state index in [2.05, 4.69) is 47.4 Å². The predicted octanol–water partition coefficient (Wildman–Crippen LogP) is 6.35. The standard InChI is InChI=1S/C30H27NO3/c1-20-24-12-8-9-13-25(24)28-26(27(20)29(32)33-4)18-19-30(34-28,21-10-6-5-7-11-21)22-14-16-23(17-15-22)31(2)3/h5-19H,1-4H3. The molecule has 0 fully saturated rings. The predicted molar refractivity (Wildman–Crippen MR) is 138 cm³/mol. The molecular weight excluding hydrogens is 422 g/mol. The van der Waals surface area contributed by atoms with Crippen LogP contribution in [0.25, 0.3) is 16.8 Å². The fourth-order valence-corrected chi connectivity index (χ4v) is 4.80. The summed E-state index contributed by atoms with van der Waals surface area (Å²) in [6.07, 6.45) is 4.06. The molecule has 4 heteroatoms. The number of esters is 1. The van der Waals surface area contributed by atoms with Crippen molar-refractivity contribution in [2.24, 2.45) is 0 Å². The SMILES string of the molecule is COC(=O)c1c2c(c3ccccc3c1C)OC(c1ccccc1)(c1ccc(N(C)C)cc1)C=C2. The zero-order chi connectivity index (χ0) is 23.9. The Morgan fingerprint density at radius 3 is 2.12 bits per heavy atom. The zero-order valence-electron chi connectivity index (χ0n) is 19.8. The van der Waals surface area contributed by atoms with Crippen LogP contribution in [-0.4, -0.2) is 27.2 Å². The lowest BCUT2D eigenvalue weighted by molar-refractivity contribution is 0.0598. The van der Waals surface area contributed by atoms with E-state index in [9.17, 15) is 4.79 Å². The second kappa shape index (κ2) is 8.38. The highest BCUT2D eigenvalue weighted by molar-refractivity contribution is 6.06. The van der Waals surface area contributed by atoms with Crippen molar-refractivity contribution in [1.29, 1.82) is 0 Å². The molecule has 0 radical (unpaired) electrons. The van der Waals surface area contributed by atoms with Gasteiger partial charge in [0.05, 0.1) is 12.7 Å². The lowest BCUT2D eigenvalue weighted by Gasteiger charge is -2.37. The average molecular weight is 450 g/mol. The third-order valence-corrected chi connectivity index (χ3v) is 6.62. The summed E-state index contributed by atoms with van der Waals surface area (Å²) in [4.78, 5) is 14.9. The lowest BCUT2D eigenvalue weighted by atomic mass is 9.82. The summed E-state index contributed by atoms with van der Waals surface area (Å²) in [5.74, 6) is 0.319. The third kappa shape index (κ3) is 3.34. The van der Waals surface area contributed by atoms with Crippen molar-refractivity contribution < 1.29 is 14.3 Å². The second-order valence-electron chi connectivity index (χ2n) is 8.76. The van der Waals surface area contributed by atoms with E-state index in [1.165, 1.54) is 7.11 Å². The molecule has 5 rings (SSSR count). The van der Waals surface area contributed by atoms with Crippen LogP contribution in [0.4, 0.5) is 5.69 Å². The number of hydrogen-bond acceptors (Lipinski definition) is 4. The quantitative estimate of drug-likeness (QED) is 0.340. The summed E-state index contributed by atoms with van der Waals surface area (Å²) >= 11 is 0. The molecule has 0 spiro atoms. The maximum Gasteiger partial charge on any atom is 0.338 e. The first-order chi connectivity index (χ1) is 16.5. The van der Waals surface area contributed by atoms with Crippen molar-refractivity contribution in [3.05, 3.63) is 113 Å². The Morgan fingerprint density at radius 1 is 0.853 bits per heavy atom. The smallest absolute Gasteiger partial charge is 0.338 e. The van der Waals surface area contributed by atoms with Crippen LogP contribution in [0.2, 0.25) is 0 Å². The van der Waals surface area contributed by atoms with E-state index in [-0.39, 0.29) is 5.97 Å². The number of rotatable bonds is 4. The van der Waals surface area contributed by atoms with Gasteiger partial charge in [0, 0.05) is 41.9 Å². The Bertz CT molecular complexity index is 1400. The minimum Gasteiger partial charge on any atom is -0.472 e. The summed E-state index contributed by atoms with van der Waals surface area (Å²) in [6, 6.07) is 26.6. The Kier molecular flexibility index (Phi) is 5.37. The molecule has 4 nitrogen and oxygen atoms in total. The molecule has 0 saturated carbocycles. The summed E-state index contributed by atoms with van der Waals surface area (Å²) in [6.45, 7) is 1.96. The minimum absolute atomic E-state index is 0.365. The number of fused-ring (bicyclic) bond motifs is 3. The van der Waals surface area contributed by atoms with Crippen LogP contribution in [0, 0.1) is 6.92 Å². The highest BCUT2D eigenvalue weighted by Crippen LogP contribution is 2.47. The molecule has 1 aliphatic rings. The van der Waals surface area contributed by atoms with E-state index in [4.69, 9.17) is 9.47 Å². The molecule has 34 heavy (non-hydrogen) atoms. The van der Waals surface area contributed by atoms with Gasteiger partial charge in [-0.15, -0.1) is 0 Å². The topological polar surface area (TPSA) is 38.8 Å². The molecule has 0 aromatic heterocycles. The Hall–Kier alpha value is -4.05. The summed E-state index contributed by atoms with van der Waals surface area (Å²) in [5, 5.41) is 1.94. The molecule has 170 valence electrons. The van der Waals surface area contributed by atoms with Gasteiger partial charge in [0.1, 0.15) is 5.75 Å². The van der Waals surface area contributed by atoms with Crippen LogP contribution in [0.5, 0.6) is 5.75 Å². The van der Waals surface area contributed by atoms with Gasteiger partial charge in [-0.2, -0.15) is 0 Å². The maximum atomic E-state index is 12.8. The largest absolute Gasteiger partial charge is 0.472 e. The number of benzene rings is 4. The van der Waals surface area contributed by atoms with Gasteiger partial charge in [-0.05, 0) is 42.2 Å². The van der Waals surface area contributed by atoms with Crippen LogP contribution >= 0.6 is 0 Å². The molecule has 0 amide bonds. The van der Waals surface area contributed by atoms with Crippen LogP contribution in [-0.2, 0) is 10.3 Å². The molecule has 0 N–H and O–H groups in total. The van der Waals surface area contributed by atoms with Gasteiger partial charge < -0.3 is 14.4 Å². The molecule has 1 heterocycles. The molecule has 1 atom stereocenters. The number of anilines is 1. The monoisotopic (exact) mass is 449 g/mol. The average Bonchev–Trinajstić information content (AvgIpc) is 2.89. The van der Waals surface area contributed by atoms with Gasteiger partial charge in [-0.1, -0.05) is 66.7 Å². The molecule has 1 aliphatic heterocycles. The van der Waals surface area contributed by atoms with Gasteiger partial charge in [0.2, 0.25) is 0 Å². The van der Waals surface area contributed by atoms with Crippen molar-refractivity contribution in [2.75, 3.05) is 26.1 Å². The van der Waals surface area contributed by atoms with Gasteiger partial charge in [-0.25, -0.2) is 4.79 Å². The Morgan fingerprint density at radius 2 is 1.47 bits per heavy atom. The minimum atomic E-state index is -0.843. The van der Waals surface area contributed by atoms with Gasteiger partial charge >= 0.3 is 5.97 Å². The fourth-order valence-electron chi connectivity index (χ4n) is 4.80. The first-order valence-electron chi connectivity index (χ1n) is 11.3. The van der Waals surface area contributed by atoms with Crippen molar-refractivity contribution in [3.8, 4) is 5.75 Å². The van der Waals surface area contributed by atoms with Crippen molar-refractivity contribution in [1.82, 2.24) is 0 Å². The number of aryl methyl sites for hydroxylation is 1. The van der Waals surface area contributed by atoms with E-state index in [1.54, 1.807) is 0 Å². The highest BCUT2D eigenvalue weighted by Gasteiger charge is 2.39. The van der Waals surface area contributed by atoms with E-state index in [0.717, 1.165) is 38.7 Å². The number of carbonyl (C=O) groups excluding carboxylic acids is 1. The van der Waals surface area contributed by atoms with Crippen LogP contribution in [0.3, 0.4) is 0 Å². The molecule has 4 aromatic carbocycles. The second-order valence-corrected chi connectivity index (χ2v) is 8.76. The molecular formula is C30H27NO3. The molecule has 0 bridgehead atoms. The lowest BCUT2D eigenvalue weighted by Crippen LogP contribution is -2.35. The van der Waals surface area contributed by atoms with Gasteiger partial charge in [0.25, 0.3) is 0 Å². The number of methoxy groups -OCH3 is 1. The van der Waals surface area contributed by atoms with E-state index in [0.29, 0.717) is 11.3 Å². The van der Waals surface area contributed by atoms with Crippen LogP contribution in [0.1, 0.15) is 32.6 Å². The maximum absolute atomic E-state index is 12.8. The van der Waals surface area contributed by atoms with Gasteiger partial charge in [0.15, 0.2) is 5.60 Å². The number of carbonyl (C=O) groups is 1.